The number of amides is 1. The molecule has 1 amide bonds. The van der Waals surface area contributed by atoms with E-state index in [1.54, 1.807) is 13.1 Å². The minimum atomic E-state index is -0.437. The first kappa shape index (κ1) is 19.5. The molecule has 0 atom stereocenters. The average Bonchev–Trinajstić information content (AvgIpc) is 2.59. The molecule has 3 N–H and O–H groups in total. The predicted octanol–water partition coefficient (Wildman–Crippen LogP) is 4.05. The van der Waals surface area contributed by atoms with Crippen molar-refractivity contribution in [3.05, 3.63) is 82.6 Å². The van der Waals surface area contributed by atoms with Crippen LogP contribution in [0.25, 0.3) is 0 Å². The van der Waals surface area contributed by atoms with E-state index >= 15 is 0 Å². The highest BCUT2D eigenvalue weighted by molar-refractivity contribution is 5.95. The highest BCUT2D eigenvalue weighted by Gasteiger charge is 2.08. The zero-order valence-electron chi connectivity index (χ0n) is 15.1. The Labute approximate surface area is 145 Å². The molecule has 0 aromatic heterocycles. The van der Waals surface area contributed by atoms with Gasteiger partial charge in [-0.1, -0.05) is 49.4 Å². The number of likely N-dealkylation sites (N-methyl/N-ethyl adjacent to an activating group) is 1. The van der Waals surface area contributed by atoms with E-state index in [2.05, 4.69) is 37.9 Å². The van der Waals surface area contributed by atoms with Gasteiger partial charge in [-0.05, 0) is 55.6 Å². The number of carbonyl (C=O) groups excluding carboxylic acids is 1. The summed E-state index contributed by atoms with van der Waals surface area (Å²) in [6, 6.07) is 10.2. The number of carbonyl (C=O) groups is 1. The molecule has 0 spiro atoms. The van der Waals surface area contributed by atoms with Crippen LogP contribution in [-0.2, 0) is 11.2 Å². The molecule has 0 saturated heterocycles. The molecule has 0 heterocycles. The molecule has 0 bridgehead atoms. The van der Waals surface area contributed by atoms with Gasteiger partial charge in [-0.15, -0.1) is 0 Å². The second-order valence-corrected chi connectivity index (χ2v) is 5.84. The van der Waals surface area contributed by atoms with Crippen molar-refractivity contribution >= 4 is 5.91 Å². The van der Waals surface area contributed by atoms with Crippen LogP contribution in [0, 0.1) is 0 Å². The highest BCUT2D eigenvalue weighted by Crippen LogP contribution is 2.19. The van der Waals surface area contributed by atoms with Crippen LogP contribution in [0.2, 0.25) is 0 Å². The lowest BCUT2D eigenvalue weighted by Gasteiger charge is -2.10. The first-order chi connectivity index (χ1) is 11.4. The van der Waals surface area contributed by atoms with E-state index in [0.717, 1.165) is 29.7 Å². The van der Waals surface area contributed by atoms with Crippen molar-refractivity contribution < 1.29 is 4.79 Å². The van der Waals surface area contributed by atoms with Crippen LogP contribution in [0.5, 0.6) is 0 Å². The first-order valence-corrected chi connectivity index (χ1v) is 8.18. The number of rotatable bonds is 8. The van der Waals surface area contributed by atoms with E-state index in [-0.39, 0.29) is 0 Å². The van der Waals surface area contributed by atoms with E-state index in [0.29, 0.717) is 5.57 Å². The lowest BCUT2D eigenvalue weighted by atomic mass is 9.96. The van der Waals surface area contributed by atoms with Gasteiger partial charge in [-0.2, -0.15) is 0 Å². The van der Waals surface area contributed by atoms with Gasteiger partial charge in [0.25, 0.3) is 0 Å². The maximum absolute atomic E-state index is 11.9. The van der Waals surface area contributed by atoms with Crippen LogP contribution in [0.1, 0.15) is 32.8 Å². The lowest BCUT2D eigenvalue weighted by Crippen LogP contribution is -2.14. The van der Waals surface area contributed by atoms with Crippen molar-refractivity contribution in [2.24, 2.45) is 5.73 Å². The number of hydrogen-bond donors (Lipinski definition) is 2. The summed E-state index contributed by atoms with van der Waals surface area (Å²) in [5.41, 5.74) is 11.3. The Balaban J connectivity index is 3.27. The SMILES string of the molecule is C=C(NC)/C(C)=C/C(=C\C(Cc1ccccc1)=C(/C)CC)C(N)=O. The van der Waals surface area contributed by atoms with Crippen LogP contribution in [0.3, 0.4) is 0 Å². The number of hydrogen-bond acceptors (Lipinski definition) is 2. The third-order valence-electron chi connectivity index (χ3n) is 4.08. The Morgan fingerprint density at radius 2 is 1.83 bits per heavy atom. The summed E-state index contributed by atoms with van der Waals surface area (Å²) in [5.74, 6) is -0.437. The molecule has 3 heteroatoms. The topological polar surface area (TPSA) is 55.1 Å². The van der Waals surface area contributed by atoms with E-state index < -0.39 is 5.91 Å². The average molecular weight is 324 g/mol. The van der Waals surface area contributed by atoms with Crippen molar-refractivity contribution in [3.8, 4) is 0 Å². The number of allylic oxidation sites excluding steroid dienone is 4. The molecule has 0 radical (unpaired) electrons. The van der Waals surface area contributed by atoms with Gasteiger partial charge in [-0.25, -0.2) is 0 Å². The summed E-state index contributed by atoms with van der Waals surface area (Å²) < 4.78 is 0. The van der Waals surface area contributed by atoms with Crippen molar-refractivity contribution in [1.29, 1.82) is 0 Å². The number of benzene rings is 1. The van der Waals surface area contributed by atoms with Crippen molar-refractivity contribution in [2.45, 2.75) is 33.6 Å². The Kier molecular flexibility index (Phi) is 7.76. The van der Waals surface area contributed by atoms with E-state index in [1.165, 1.54) is 11.1 Å². The molecule has 0 unspecified atom stereocenters. The van der Waals surface area contributed by atoms with Crippen molar-refractivity contribution in [1.82, 2.24) is 5.32 Å². The molecule has 1 rings (SSSR count). The fourth-order valence-electron chi connectivity index (χ4n) is 2.26. The predicted molar refractivity (Wildman–Crippen MR) is 102 cm³/mol. The fraction of sp³-hybridized carbons (Fsp3) is 0.286. The smallest absolute Gasteiger partial charge is 0.248 e. The summed E-state index contributed by atoms with van der Waals surface area (Å²) in [7, 11) is 1.80. The van der Waals surface area contributed by atoms with Gasteiger partial charge >= 0.3 is 0 Å². The fourth-order valence-corrected chi connectivity index (χ4v) is 2.26. The zero-order chi connectivity index (χ0) is 18.1. The normalized spacial score (nSPS) is 13.3. The molecule has 0 aliphatic carbocycles. The molecule has 24 heavy (non-hydrogen) atoms. The van der Waals surface area contributed by atoms with Crippen LogP contribution < -0.4 is 11.1 Å². The highest BCUT2D eigenvalue weighted by atomic mass is 16.1. The Morgan fingerprint density at radius 1 is 1.21 bits per heavy atom. The van der Waals surface area contributed by atoms with Gasteiger partial charge in [0, 0.05) is 18.3 Å². The second kappa shape index (κ2) is 9.56. The van der Waals surface area contributed by atoms with Gasteiger partial charge in [-0.3, -0.25) is 4.79 Å². The molecule has 3 nitrogen and oxygen atoms in total. The third kappa shape index (κ3) is 5.92. The summed E-state index contributed by atoms with van der Waals surface area (Å²) in [6.07, 6.45) is 5.39. The van der Waals surface area contributed by atoms with Crippen LogP contribution >= 0.6 is 0 Å². The lowest BCUT2D eigenvalue weighted by molar-refractivity contribution is -0.114. The van der Waals surface area contributed by atoms with Crippen LogP contribution in [-0.4, -0.2) is 13.0 Å². The molecule has 0 aliphatic heterocycles. The van der Waals surface area contributed by atoms with Crippen molar-refractivity contribution in [2.75, 3.05) is 7.05 Å². The van der Waals surface area contributed by atoms with Crippen molar-refractivity contribution in [3.63, 3.8) is 0 Å². The minimum absolute atomic E-state index is 0.437. The largest absolute Gasteiger partial charge is 0.388 e. The minimum Gasteiger partial charge on any atom is -0.388 e. The van der Waals surface area contributed by atoms with Gasteiger partial charge in [0.2, 0.25) is 5.91 Å². The first-order valence-electron chi connectivity index (χ1n) is 8.18. The third-order valence-corrected chi connectivity index (χ3v) is 4.08. The van der Waals surface area contributed by atoms with Crippen LogP contribution in [0.4, 0.5) is 0 Å². The Hall–Kier alpha value is -2.55. The molecule has 1 aromatic rings. The quantitative estimate of drug-likeness (QED) is 0.560. The molecule has 128 valence electrons. The summed E-state index contributed by atoms with van der Waals surface area (Å²) in [4.78, 5) is 11.9. The maximum Gasteiger partial charge on any atom is 0.248 e. The summed E-state index contributed by atoms with van der Waals surface area (Å²) in [5, 5.41) is 2.98. The van der Waals surface area contributed by atoms with Crippen LogP contribution in [0.15, 0.2) is 77.1 Å². The number of nitrogens with two attached hydrogens (primary N) is 1. The van der Waals surface area contributed by atoms with E-state index in [9.17, 15) is 4.79 Å². The number of primary amides is 1. The number of nitrogens with one attached hydrogen (secondary N) is 1. The Morgan fingerprint density at radius 3 is 2.33 bits per heavy atom. The molecule has 0 aliphatic rings. The zero-order valence-corrected chi connectivity index (χ0v) is 15.1. The molecule has 1 aromatic carbocycles. The second-order valence-electron chi connectivity index (χ2n) is 5.84. The monoisotopic (exact) mass is 324 g/mol. The molecule has 0 fully saturated rings. The molecular formula is C21H28N2O. The summed E-state index contributed by atoms with van der Waals surface area (Å²) >= 11 is 0. The maximum atomic E-state index is 11.9. The van der Waals surface area contributed by atoms with Gasteiger partial charge < -0.3 is 11.1 Å². The Bertz CT molecular complexity index is 679. The van der Waals surface area contributed by atoms with Gasteiger partial charge in [0.15, 0.2) is 0 Å². The summed E-state index contributed by atoms with van der Waals surface area (Å²) in [6.45, 7) is 10.0. The molecular weight excluding hydrogens is 296 g/mol. The van der Waals surface area contributed by atoms with E-state index in [4.69, 9.17) is 5.73 Å². The molecule has 0 saturated carbocycles. The van der Waals surface area contributed by atoms with Gasteiger partial charge in [0.05, 0.1) is 0 Å². The van der Waals surface area contributed by atoms with Gasteiger partial charge in [0.1, 0.15) is 0 Å². The standard InChI is InChI=1S/C21H28N2O/c1-6-15(2)19(13-18-10-8-7-9-11-18)14-20(21(22)24)12-16(3)17(4)23-5/h7-12,14,23H,4,6,13H2,1-3,5H3,(H2,22,24)/b16-12+,19-15+,20-14+. The van der Waals surface area contributed by atoms with E-state index in [1.807, 2.05) is 31.2 Å².